The van der Waals surface area contributed by atoms with Crippen LogP contribution in [0.15, 0.2) is 24.3 Å². The van der Waals surface area contributed by atoms with E-state index in [4.69, 9.17) is 5.73 Å². The number of aryl methyl sites for hydroxylation is 1. The van der Waals surface area contributed by atoms with Crippen LogP contribution in [0, 0.1) is 12.8 Å². The number of aromatic nitrogens is 1. The second kappa shape index (κ2) is 7.06. The van der Waals surface area contributed by atoms with Gasteiger partial charge in [-0.25, -0.2) is 0 Å². The highest BCUT2D eigenvalue weighted by molar-refractivity contribution is 5.85. The Hall–Kier alpha value is -1.32. The van der Waals surface area contributed by atoms with Crippen molar-refractivity contribution in [2.24, 2.45) is 11.7 Å². The summed E-state index contributed by atoms with van der Waals surface area (Å²) in [6.07, 6.45) is 3.93. The average molecular weight is 313 g/mol. The molecule has 1 aromatic heterocycles. The second-order valence-electron chi connectivity index (χ2n) is 7.50. The van der Waals surface area contributed by atoms with E-state index < -0.39 is 0 Å². The van der Waals surface area contributed by atoms with Crippen LogP contribution in [0.4, 0.5) is 0 Å². The molecule has 2 heterocycles. The molecule has 2 aromatic rings. The maximum Gasteiger partial charge on any atom is 0.0458 e. The van der Waals surface area contributed by atoms with Crippen LogP contribution >= 0.6 is 0 Å². The number of aromatic amines is 1. The zero-order valence-corrected chi connectivity index (χ0v) is 14.8. The van der Waals surface area contributed by atoms with Crippen LogP contribution in [0.1, 0.15) is 50.3 Å². The van der Waals surface area contributed by atoms with Crippen molar-refractivity contribution in [3.63, 3.8) is 0 Å². The number of H-pyrrole nitrogens is 1. The lowest BCUT2D eigenvalue weighted by molar-refractivity contribution is 0.112. The summed E-state index contributed by atoms with van der Waals surface area (Å²) in [5.74, 6) is 1.13. The number of rotatable bonds is 5. The largest absolute Gasteiger partial charge is 0.358 e. The predicted octanol–water partition coefficient (Wildman–Crippen LogP) is 4.03. The number of hydrogen-bond donors (Lipinski definition) is 2. The van der Waals surface area contributed by atoms with Gasteiger partial charge in [-0.3, -0.25) is 4.90 Å². The molecule has 0 saturated carbocycles. The molecule has 3 rings (SSSR count). The Morgan fingerprint density at radius 3 is 2.78 bits per heavy atom. The molecule has 1 fully saturated rings. The quantitative estimate of drug-likeness (QED) is 0.875. The van der Waals surface area contributed by atoms with Gasteiger partial charge in [0, 0.05) is 41.6 Å². The molecule has 2 atom stereocenters. The Balaban J connectivity index is 1.98. The lowest BCUT2D eigenvalue weighted by Crippen LogP contribution is -2.46. The molecule has 1 saturated heterocycles. The number of nitrogens with zero attached hydrogens (tertiary/aromatic N) is 1. The minimum atomic E-state index is 0.421. The fraction of sp³-hybridized carbons (Fsp3) is 0.600. The Morgan fingerprint density at radius 1 is 1.26 bits per heavy atom. The molecule has 3 N–H and O–H groups in total. The van der Waals surface area contributed by atoms with Crippen LogP contribution in [0.3, 0.4) is 0 Å². The second-order valence-corrected chi connectivity index (χ2v) is 7.50. The first kappa shape index (κ1) is 16.5. The molecule has 2 unspecified atom stereocenters. The van der Waals surface area contributed by atoms with E-state index in [1.54, 1.807) is 0 Å². The number of nitrogens with two attached hydrogens (primary N) is 1. The van der Waals surface area contributed by atoms with Crippen LogP contribution in [0.25, 0.3) is 10.9 Å². The van der Waals surface area contributed by atoms with Crippen molar-refractivity contribution in [2.75, 3.05) is 19.6 Å². The molecule has 3 nitrogen and oxygen atoms in total. The van der Waals surface area contributed by atoms with Gasteiger partial charge in [-0.2, -0.15) is 0 Å². The third kappa shape index (κ3) is 3.31. The summed E-state index contributed by atoms with van der Waals surface area (Å²) >= 11 is 0. The fourth-order valence-electron chi connectivity index (χ4n) is 4.41. The molecule has 23 heavy (non-hydrogen) atoms. The molecule has 126 valence electrons. The third-order valence-electron chi connectivity index (χ3n) is 5.30. The van der Waals surface area contributed by atoms with Crippen LogP contribution in [-0.4, -0.2) is 35.6 Å². The lowest BCUT2D eigenvalue weighted by atomic mass is 9.83. The number of benzene rings is 1. The molecular weight excluding hydrogens is 282 g/mol. The summed E-state index contributed by atoms with van der Waals surface area (Å²) in [7, 11) is 0. The minimum Gasteiger partial charge on any atom is -0.358 e. The molecule has 0 spiro atoms. The topological polar surface area (TPSA) is 45.1 Å². The highest BCUT2D eigenvalue weighted by Crippen LogP contribution is 2.36. The van der Waals surface area contributed by atoms with Crippen LogP contribution in [-0.2, 0) is 0 Å². The van der Waals surface area contributed by atoms with Gasteiger partial charge >= 0.3 is 0 Å². The molecular formula is C20H31N3. The SMILES string of the molecule is Cc1[nH]c2ccccc2c1C(CN)C1CCCCN1CC(C)C. The lowest BCUT2D eigenvalue weighted by Gasteiger charge is -2.41. The first-order chi connectivity index (χ1) is 11.1. The van der Waals surface area contributed by atoms with E-state index in [1.807, 2.05) is 0 Å². The smallest absolute Gasteiger partial charge is 0.0458 e. The molecule has 0 aliphatic carbocycles. The van der Waals surface area contributed by atoms with E-state index >= 15 is 0 Å². The molecule has 1 aliphatic heterocycles. The van der Waals surface area contributed by atoms with E-state index in [0.29, 0.717) is 17.9 Å². The standard InChI is InChI=1S/C20H31N3/c1-14(2)13-23-11-7-6-10-19(23)17(12-21)20-15(3)22-18-9-5-4-8-16(18)20/h4-5,8-9,14,17,19,22H,6-7,10-13,21H2,1-3H3. The number of para-hydroxylation sites is 1. The van der Waals surface area contributed by atoms with Crippen molar-refractivity contribution < 1.29 is 0 Å². The Labute approximate surface area is 140 Å². The summed E-state index contributed by atoms with van der Waals surface area (Å²) in [6, 6.07) is 9.23. The fourth-order valence-corrected chi connectivity index (χ4v) is 4.41. The van der Waals surface area contributed by atoms with Crippen molar-refractivity contribution in [1.29, 1.82) is 0 Å². The normalized spacial score (nSPS) is 21.2. The van der Waals surface area contributed by atoms with E-state index in [2.05, 4.69) is 54.9 Å². The van der Waals surface area contributed by atoms with Gasteiger partial charge < -0.3 is 10.7 Å². The highest BCUT2D eigenvalue weighted by atomic mass is 15.2. The zero-order chi connectivity index (χ0) is 16.4. The summed E-state index contributed by atoms with van der Waals surface area (Å²) in [5.41, 5.74) is 10.3. The van der Waals surface area contributed by atoms with Crippen LogP contribution in [0.5, 0.6) is 0 Å². The molecule has 1 aliphatic rings. The number of likely N-dealkylation sites (tertiary alicyclic amines) is 1. The van der Waals surface area contributed by atoms with Gasteiger partial charge in [0.15, 0.2) is 0 Å². The molecule has 0 amide bonds. The first-order valence-corrected chi connectivity index (χ1v) is 9.13. The van der Waals surface area contributed by atoms with Gasteiger partial charge in [-0.1, -0.05) is 38.5 Å². The van der Waals surface area contributed by atoms with Crippen molar-refractivity contribution in [2.45, 2.75) is 52.0 Å². The van der Waals surface area contributed by atoms with Crippen LogP contribution < -0.4 is 5.73 Å². The number of hydrogen-bond acceptors (Lipinski definition) is 2. The van der Waals surface area contributed by atoms with Crippen molar-refractivity contribution in [1.82, 2.24) is 9.88 Å². The Kier molecular flexibility index (Phi) is 5.08. The molecule has 1 aromatic carbocycles. The van der Waals surface area contributed by atoms with Crippen molar-refractivity contribution in [3.05, 3.63) is 35.5 Å². The summed E-state index contributed by atoms with van der Waals surface area (Å²) < 4.78 is 0. The van der Waals surface area contributed by atoms with Gasteiger partial charge in [0.1, 0.15) is 0 Å². The first-order valence-electron chi connectivity index (χ1n) is 9.13. The molecule has 0 bridgehead atoms. The monoisotopic (exact) mass is 313 g/mol. The number of piperidine rings is 1. The number of nitrogens with one attached hydrogen (secondary N) is 1. The van der Waals surface area contributed by atoms with Gasteiger partial charge in [0.2, 0.25) is 0 Å². The summed E-state index contributed by atoms with van der Waals surface area (Å²) in [6.45, 7) is 9.97. The van der Waals surface area contributed by atoms with Crippen molar-refractivity contribution in [3.8, 4) is 0 Å². The van der Waals surface area contributed by atoms with Gasteiger partial charge in [-0.15, -0.1) is 0 Å². The Bertz CT molecular complexity index is 643. The summed E-state index contributed by atoms with van der Waals surface area (Å²) in [4.78, 5) is 6.26. The van der Waals surface area contributed by atoms with Gasteiger partial charge in [0.25, 0.3) is 0 Å². The average Bonchev–Trinajstić information content (AvgIpc) is 2.86. The zero-order valence-electron chi connectivity index (χ0n) is 14.8. The Morgan fingerprint density at radius 2 is 2.04 bits per heavy atom. The highest BCUT2D eigenvalue weighted by Gasteiger charge is 2.32. The maximum absolute atomic E-state index is 6.31. The summed E-state index contributed by atoms with van der Waals surface area (Å²) in [5, 5.41) is 1.36. The third-order valence-corrected chi connectivity index (χ3v) is 5.30. The van der Waals surface area contributed by atoms with Crippen molar-refractivity contribution >= 4 is 10.9 Å². The predicted molar refractivity (Wildman–Crippen MR) is 98.9 cm³/mol. The number of fused-ring (bicyclic) bond motifs is 1. The maximum atomic E-state index is 6.31. The molecule has 3 heteroatoms. The van der Waals surface area contributed by atoms with Gasteiger partial charge in [-0.05, 0) is 43.9 Å². The van der Waals surface area contributed by atoms with E-state index in [1.165, 1.54) is 54.5 Å². The van der Waals surface area contributed by atoms with E-state index in [-0.39, 0.29) is 0 Å². The van der Waals surface area contributed by atoms with Gasteiger partial charge in [0.05, 0.1) is 0 Å². The molecule has 0 radical (unpaired) electrons. The van der Waals surface area contributed by atoms with E-state index in [0.717, 1.165) is 6.54 Å². The van der Waals surface area contributed by atoms with E-state index in [9.17, 15) is 0 Å². The van der Waals surface area contributed by atoms with Crippen LogP contribution in [0.2, 0.25) is 0 Å². The minimum absolute atomic E-state index is 0.421.